The van der Waals surface area contributed by atoms with Gasteiger partial charge in [0.25, 0.3) is 5.56 Å². The third-order valence-corrected chi connectivity index (χ3v) is 8.87. The Bertz CT molecular complexity index is 1970. The van der Waals surface area contributed by atoms with Gasteiger partial charge in [0, 0.05) is 15.1 Å². The molecule has 0 amide bonds. The summed E-state index contributed by atoms with van der Waals surface area (Å²) >= 11 is 11.2. The lowest BCUT2D eigenvalue weighted by Gasteiger charge is -2.26. The predicted molar refractivity (Wildman–Crippen MR) is 174 cm³/mol. The van der Waals surface area contributed by atoms with Gasteiger partial charge < -0.3 is 18.9 Å². The molecule has 0 fully saturated rings. The van der Waals surface area contributed by atoms with Gasteiger partial charge in [-0.3, -0.25) is 9.36 Å². The van der Waals surface area contributed by atoms with E-state index in [0.29, 0.717) is 59.5 Å². The Morgan fingerprint density at radius 3 is 2.51 bits per heavy atom. The van der Waals surface area contributed by atoms with Crippen molar-refractivity contribution in [1.29, 1.82) is 0 Å². The second-order valence-corrected chi connectivity index (χ2v) is 12.2. The Balaban J connectivity index is 1.66. The zero-order valence-electron chi connectivity index (χ0n) is 24.9. The Labute approximate surface area is 276 Å². The Hall–Kier alpha value is -3.93. The molecule has 2 heterocycles. The van der Waals surface area contributed by atoms with E-state index in [-0.39, 0.29) is 30.2 Å². The zero-order chi connectivity index (χ0) is 32.2. The summed E-state index contributed by atoms with van der Waals surface area (Å²) in [7, 11) is 1.52. The van der Waals surface area contributed by atoms with E-state index in [2.05, 4.69) is 20.9 Å². The van der Waals surface area contributed by atoms with Crippen LogP contribution in [0, 0.1) is 5.82 Å². The Morgan fingerprint density at radius 2 is 1.82 bits per heavy atom. The van der Waals surface area contributed by atoms with Crippen molar-refractivity contribution in [3.63, 3.8) is 0 Å². The monoisotopic (exact) mass is 714 g/mol. The fraction of sp³-hybridized carbons (Fsp3) is 0.242. The number of rotatable bonds is 10. The summed E-state index contributed by atoms with van der Waals surface area (Å²) in [5, 5.41) is 0.451. The number of thiazole rings is 1. The van der Waals surface area contributed by atoms with E-state index < -0.39 is 12.0 Å². The first kappa shape index (κ1) is 32.5. The van der Waals surface area contributed by atoms with Crippen LogP contribution in [0.4, 0.5) is 4.39 Å². The van der Waals surface area contributed by atoms with Gasteiger partial charge in [-0.2, -0.15) is 0 Å². The number of allylic oxidation sites excluding steroid dienone is 1. The summed E-state index contributed by atoms with van der Waals surface area (Å²) in [5.41, 5.74) is 2.21. The lowest BCUT2D eigenvalue weighted by molar-refractivity contribution is -0.139. The van der Waals surface area contributed by atoms with Gasteiger partial charge in [0.2, 0.25) is 0 Å². The van der Waals surface area contributed by atoms with Gasteiger partial charge in [0.05, 0.1) is 42.2 Å². The molecule has 234 valence electrons. The molecule has 0 unspecified atom stereocenters. The van der Waals surface area contributed by atoms with Crippen LogP contribution in [-0.2, 0) is 16.1 Å². The molecule has 4 aromatic rings. The standard InChI is InChI=1S/C33H29BrClFN2O6S/c1-5-42-27-16-24(34)23(15-26(27)41-4)30-29(32(40)43-6-2)18(3)37-33-38(30)31(39)28(45-33)14-20-13-21(35)9-12-25(20)44-17-19-7-10-22(36)11-8-19/h7-16,30H,5-6,17H2,1-4H3/b28-14+/t30-/m0/s1. The minimum absolute atomic E-state index is 0.149. The Kier molecular flexibility index (Phi) is 10.1. The largest absolute Gasteiger partial charge is 0.493 e. The number of ether oxygens (including phenoxy) is 4. The number of esters is 1. The maximum absolute atomic E-state index is 14.2. The first-order valence-corrected chi connectivity index (χ1v) is 16.0. The van der Waals surface area contributed by atoms with Crippen molar-refractivity contribution in [2.45, 2.75) is 33.4 Å². The van der Waals surface area contributed by atoms with Crippen molar-refractivity contribution >= 4 is 50.9 Å². The molecule has 0 bridgehead atoms. The van der Waals surface area contributed by atoms with Crippen LogP contribution in [0.25, 0.3) is 6.08 Å². The smallest absolute Gasteiger partial charge is 0.338 e. The van der Waals surface area contributed by atoms with Gasteiger partial charge in [0.15, 0.2) is 16.3 Å². The average molecular weight is 716 g/mol. The third kappa shape index (κ3) is 6.85. The van der Waals surface area contributed by atoms with Gasteiger partial charge in [-0.1, -0.05) is 51.0 Å². The summed E-state index contributed by atoms with van der Waals surface area (Å²) < 4.78 is 38.6. The van der Waals surface area contributed by atoms with Crippen LogP contribution in [0.3, 0.4) is 0 Å². The van der Waals surface area contributed by atoms with Crippen LogP contribution in [0.5, 0.6) is 17.2 Å². The topological polar surface area (TPSA) is 88.4 Å². The number of aromatic nitrogens is 1. The van der Waals surface area contributed by atoms with Gasteiger partial charge in [-0.05, 0) is 80.4 Å². The quantitative estimate of drug-likeness (QED) is 0.178. The van der Waals surface area contributed by atoms with E-state index in [4.69, 9.17) is 30.5 Å². The molecular weight excluding hydrogens is 687 g/mol. The second-order valence-electron chi connectivity index (χ2n) is 9.86. The number of carbonyl (C=O) groups excluding carboxylic acids is 1. The zero-order valence-corrected chi connectivity index (χ0v) is 28.0. The number of methoxy groups -OCH3 is 1. The molecular formula is C33H29BrClFN2O6S. The lowest BCUT2D eigenvalue weighted by atomic mass is 9.95. The molecule has 3 aromatic carbocycles. The molecule has 45 heavy (non-hydrogen) atoms. The molecule has 5 rings (SSSR count). The summed E-state index contributed by atoms with van der Waals surface area (Å²) in [5.74, 6) is 0.515. The van der Waals surface area contributed by atoms with Crippen molar-refractivity contribution in [1.82, 2.24) is 4.57 Å². The molecule has 1 aliphatic heterocycles. The van der Waals surface area contributed by atoms with Crippen molar-refractivity contribution in [2.75, 3.05) is 20.3 Å². The SMILES string of the molecule is CCOC(=O)C1=C(C)N=c2s/c(=C/c3cc(Cl)ccc3OCc3ccc(F)cc3)c(=O)n2[C@H]1c1cc(OC)c(OCC)cc1Br. The average Bonchev–Trinajstić information content (AvgIpc) is 3.31. The highest BCUT2D eigenvalue weighted by atomic mass is 79.9. The maximum Gasteiger partial charge on any atom is 0.338 e. The van der Waals surface area contributed by atoms with Crippen LogP contribution in [0.2, 0.25) is 5.02 Å². The number of halogens is 3. The summed E-state index contributed by atoms with van der Waals surface area (Å²) in [4.78, 5) is 32.6. The number of hydrogen-bond donors (Lipinski definition) is 0. The van der Waals surface area contributed by atoms with Crippen LogP contribution >= 0.6 is 38.9 Å². The first-order chi connectivity index (χ1) is 21.6. The number of hydrogen-bond acceptors (Lipinski definition) is 8. The highest BCUT2D eigenvalue weighted by Crippen LogP contribution is 2.41. The van der Waals surface area contributed by atoms with Crippen LogP contribution in [0.1, 0.15) is 43.5 Å². The molecule has 1 aromatic heterocycles. The molecule has 0 aliphatic carbocycles. The van der Waals surface area contributed by atoms with Crippen LogP contribution in [0.15, 0.2) is 80.1 Å². The highest BCUT2D eigenvalue weighted by Gasteiger charge is 2.35. The summed E-state index contributed by atoms with van der Waals surface area (Å²) in [6.45, 7) is 6.05. The van der Waals surface area contributed by atoms with E-state index in [1.54, 1.807) is 62.4 Å². The third-order valence-electron chi connectivity index (χ3n) is 6.96. The minimum atomic E-state index is -0.880. The van der Waals surface area contributed by atoms with E-state index in [0.717, 1.165) is 5.56 Å². The van der Waals surface area contributed by atoms with E-state index in [1.165, 1.54) is 35.1 Å². The van der Waals surface area contributed by atoms with Gasteiger partial charge >= 0.3 is 5.97 Å². The normalized spacial score (nSPS) is 14.6. The van der Waals surface area contributed by atoms with Crippen molar-refractivity contribution in [3.05, 3.63) is 118 Å². The molecule has 0 spiro atoms. The molecule has 0 N–H and O–H groups in total. The maximum atomic E-state index is 14.2. The molecule has 12 heteroatoms. The molecule has 1 aliphatic rings. The minimum Gasteiger partial charge on any atom is -0.493 e. The Morgan fingerprint density at radius 1 is 1.07 bits per heavy atom. The number of fused-ring (bicyclic) bond motifs is 1. The molecule has 8 nitrogen and oxygen atoms in total. The molecule has 0 radical (unpaired) electrons. The van der Waals surface area contributed by atoms with E-state index in [1.807, 2.05) is 6.92 Å². The van der Waals surface area contributed by atoms with E-state index in [9.17, 15) is 14.0 Å². The first-order valence-electron chi connectivity index (χ1n) is 14.0. The highest BCUT2D eigenvalue weighted by molar-refractivity contribution is 9.10. The lowest BCUT2D eigenvalue weighted by Crippen LogP contribution is -2.40. The molecule has 1 atom stereocenters. The predicted octanol–water partition coefficient (Wildman–Crippen LogP) is 6.34. The summed E-state index contributed by atoms with van der Waals surface area (Å²) in [6, 6.07) is 13.7. The van der Waals surface area contributed by atoms with Gasteiger partial charge in [-0.25, -0.2) is 14.2 Å². The van der Waals surface area contributed by atoms with Crippen molar-refractivity contribution in [3.8, 4) is 17.2 Å². The van der Waals surface area contributed by atoms with Crippen LogP contribution in [-0.4, -0.2) is 30.9 Å². The number of benzene rings is 3. The number of nitrogens with zero attached hydrogens (tertiary/aromatic N) is 2. The molecule has 0 saturated carbocycles. The number of carbonyl (C=O) groups is 1. The fourth-order valence-corrected chi connectivity index (χ4v) is 6.68. The van der Waals surface area contributed by atoms with Crippen molar-refractivity contribution in [2.24, 2.45) is 4.99 Å². The van der Waals surface area contributed by atoms with Crippen molar-refractivity contribution < 1.29 is 28.1 Å². The molecule has 0 saturated heterocycles. The second kappa shape index (κ2) is 14.0. The van der Waals surface area contributed by atoms with Crippen LogP contribution < -0.4 is 29.1 Å². The van der Waals surface area contributed by atoms with Gasteiger partial charge in [0.1, 0.15) is 18.2 Å². The fourth-order valence-electron chi connectivity index (χ4n) is 4.92. The van der Waals surface area contributed by atoms with E-state index >= 15 is 0 Å². The van der Waals surface area contributed by atoms with Gasteiger partial charge in [-0.15, -0.1) is 0 Å². The summed E-state index contributed by atoms with van der Waals surface area (Å²) in [6.07, 6.45) is 1.68.